The van der Waals surface area contributed by atoms with Gasteiger partial charge in [-0.3, -0.25) is 10.2 Å². The lowest BCUT2D eigenvalue weighted by atomic mass is 10.2. The van der Waals surface area contributed by atoms with E-state index in [1.165, 1.54) is 6.42 Å². The summed E-state index contributed by atoms with van der Waals surface area (Å²) in [4.78, 5) is 11.7. The first-order chi connectivity index (χ1) is 8.75. The third-order valence-electron chi connectivity index (χ3n) is 2.83. The number of hydrazine groups is 1. The topological polar surface area (TPSA) is 41.6 Å². The normalized spacial score (nSPS) is 16.3. The second kappa shape index (κ2) is 6.61. The Morgan fingerprint density at radius 3 is 2.72 bits per heavy atom. The summed E-state index contributed by atoms with van der Waals surface area (Å²) in [6, 6.07) is 7.13. The van der Waals surface area contributed by atoms with Crippen molar-refractivity contribution in [3.05, 3.63) is 29.3 Å². The van der Waals surface area contributed by atoms with Gasteiger partial charge >= 0.3 is 0 Å². The summed E-state index contributed by atoms with van der Waals surface area (Å²) in [6.45, 7) is 1.82. The molecule has 0 spiro atoms. The summed E-state index contributed by atoms with van der Waals surface area (Å²) in [5, 5.41) is 2.46. The van der Waals surface area contributed by atoms with E-state index in [0.29, 0.717) is 10.8 Å². The van der Waals surface area contributed by atoms with Crippen molar-refractivity contribution in [2.45, 2.75) is 19.3 Å². The Bertz CT molecular complexity index is 406. The number of ether oxygens (including phenoxy) is 1. The Kier molecular flexibility index (Phi) is 4.84. The number of benzene rings is 1. The molecule has 98 valence electrons. The molecule has 0 aliphatic carbocycles. The maximum atomic E-state index is 11.7. The van der Waals surface area contributed by atoms with Crippen LogP contribution >= 0.6 is 11.6 Å². The summed E-state index contributed by atoms with van der Waals surface area (Å²) >= 11 is 5.93. The molecule has 1 aromatic carbocycles. The van der Waals surface area contributed by atoms with Gasteiger partial charge < -0.3 is 4.74 Å². The van der Waals surface area contributed by atoms with E-state index in [-0.39, 0.29) is 12.5 Å². The van der Waals surface area contributed by atoms with E-state index >= 15 is 0 Å². The number of piperidine rings is 1. The minimum atomic E-state index is -0.142. The largest absolute Gasteiger partial charge is 0.482 e. The summed E-state index contributed by atoms with van der Waals surface area (Å²) in [5.41, 5.74) is 2.83. The van der Waals surface area contributed by atoms with Crippen LogP contribution in [0.4, 0.5) is 0 Å². The molecule has 1 saturated heterocycles. The molecule has 1 amide bonds. The Hall–Kier alpha value is -1.26. The molecular formula is C13H17ClN2O2. The molecule has 5 heteroatoms. The van der Waals surface area contributed by atoms with Crippen LogP contribution in [-0.2, 0) is 4.79 Å². The van der Waals surface area contributed by atoms with Gasteiger partial charge in [0.05, 0.1) is 5.02 Å². The first-order valence-electron chi connectivity index (χ1n) is 6.17. The number of nitrogens with one attached hydrogen (secondary N) is 1. The van der Waals surface area contributed by atoms with E-state index in [1.807, 2.05) is 17.1 Å². The third kappa shape index (κ3) is 3.89. The van der Waals surface area contributed by atoms with Crippen molar-refractivity contribution in [1.29, 1.82) is 0 Å². The molecule has 1 heterocycles. The Balaban J connectivity index is 1.76. The van der Waals surface area contributed by atoms with Crippen LogP contribution < -0.4 is 10.2 Å². The van der Waals surface area contributed by atoms with Crippen LogP contribution in [0.25, 0.3) is 0 Å². The molecule has 4 nitrogen and oxygen atoms in total. The lowest BCUT2D eigenvalue weighted by Gasteiger charge is -2.26. The van der Waals surface area contributed by atoms with Gasteiger partial charge in [0.2, 0.25) is 0 Å². The number of rotatable bonds is 4. The minimum Gasteiger partial charge on any atom is -0.482 e. The van der Waals surface area contributed by atoms with Crippen molar-refractivity contribution >= 4 is 17.5 Å². The highest BCUT2D eigenvalue weighted by molar-refractivity contribution is 6.32. The minimum absolute atomic E-state index is 0.0137. The number of hydrogen-bond donors (Lipinski definition) is 1. The molecule has 18 heavy (non-hydrogen) atoms. The average Bonchev–Trinajstić information content (AvgIpc) is 2.39. The van der Waals surface area contributed by atoms with Crippen LogP contribution in [0.1, 0.15) is 19.3 Å². The molecule has 0 aromatic heterocycles. The third-order valence-corrected chi connectivity index (χ3v) is 3.15. The number of carbonyl (C=O) groups excluding carboxylic acids is 1. The van der Waals surface area contributed by atoms with E-state index in [4.69, 9.17) is 16.3 Å². The van der Waals surface area contributed by atoms with Gasteiger partial charge in [0.1, 0.15) is 5.75 Å². The zero-order chi connectivity index (χ0) is 12.8. The van der Waals surface area contributed by atoms with Crippen molar-refractivity contribution in [2.75, 3.05) is 19.7 Å². The molecule has 1 aliphatic rings. The smallest absolute Gasteiger partial charge is 0.272 e. The highest BCUT2D eigenvalue weighted by Crippen LogP contribution is 2.22. The first kappa shape index (κ1) is 13.2. The quantitative estimate of drug-likeness (QED) is 0.911. The molecule has 2 rings (SSSR count). The van der Waals surface area contributed by atoms with Gasteiger partial charge in [0, 0.05) is 13.1 Å². The van der Waals surface area contributed by atoms with Crippen LogP contribution in [-0.4, -0.2) is 30.6 Å². The zero-order valence-electron chi connectivity index (χ0n) is 10.2. The second-order valence-electron chi connectivity index (χ2n) is 4.30. The fourth-order valence-corrected chi connectivity index (χ4v) is 2.11. The maximum Gasteiger partial charge on any atom is 0.272 e. The van der Waals surface area contributed by atoms with Crippen molar-refractivity contribution in [3.63, 3.8) is 0 Å². The molecule has 1 aliphatic heterocycles. The molecule has 0 radical (unpaired) electrons. The molecule has 1 N–H and O–H groups in total. The highest BCUT2D eigenvalue weighted by Gasteiger charge is 2.13. The number of halogens is 1. The van der Waals surface area contributed by atoms with Gasteiger partial charge in [-0.2, -0.15) is 0 Å². The number of carbonyl (C=O) groups is 1. The van der Waals surface area contributed by atoms with Crippen LogP contribution in [0, 0.1) is 0 Å². The molecule has 1 aromatic rings. The summed E-state index contributed by atoms with van der Waals surface area (Å²) in [7, 11) is 0. The lowest BCUT2D eigenvalue weighted by Crippen LogP contribution is -2.46. The maximum absolute atomic E-state index is 11.7. The standard InChI is InChI=1S/C13H17ClN2O2/c14-11-6-2-3-7-12(11)18-10-13(17)15-16-8-4-1-5-9-16/h2-3,6-7H,1,4-5,8-10H2,(H,15,17). The number of amides is 1. The fourth-order valence-electron chi connectivity index (χ4n) is 1.92. The molecule has 0 atom stereocenters. The second-order valence-corrected chi connectivity index (χ2v) is 4.71. The summed E-state index contributed by atoms with van der Waals surface area (Å²) in [5.74, 6) is 0.393. The predicted molar refractivity (Wildman–Crippen MR) is 70.5 cm³/mol. The van der Waals surface area contributed by atoms with Gasteiger partial charge in [-0.25, -0.2) is 5.01 Å². The predicted octanol–water partition coefficient (Wildman–Crippen LogP) is 2.24. The lowest BCUT2D eigenvalue weighted by molar-refractivity contribution is -0.128. The van der Waals surface area contributed by atoms with E-state index in [9.17, 15) is 4.79 Å². The Labute approximate surface area is 112 Å². The van der Waals surface area contributed by atoms with Crippen LogP contribution in [0.2, 0.25) is 5.02 Å². The SMILES string of the molecule is O=C(COc1ccccc1Cl)NN1CCCCC1. The van der Waals surface area contributed by atoms with Crippen LogP contribution in [0.5, 0.6) is 5.75 Å². The molecule has 0 saturated carbocycles. The van der Waals surface area contributed by atoms with Gasteiger partial charge in [-0.05, 0) is 25.0 Å². The zero-order valence-corrected chi connectivity index (χ0v) is 10.9. The fraction of sp³-hybridized carbons (Fsp3) is 0.462. The van der Waals surface area contributed by atoms with Crippen molar-refractivity contribution in [1.82, 2.24) is 10.4 Å². The summed E-state index contributed by atoms with van der Waals surface area (Å²) in [6.07, 6.45) is 3.50. The number of nitrogens with zero attached hydrogens (tertiary/aromatic N) is 1. The van der Waals surface area contributed by atoms with Gasteiger partial charge in [-0.15, -0.1) is 0 Å². The van der Waals surface area contributed by atoms with E-state index < -0.39 is 0 Å². The molecule has 0 unspecified atom stereocenters. The van der Waals surface area contributed by atoms with Crippen LogP contribution in [0.3, 0.4) is 0 Å². The molecule has 0 bridgehead atoms. The van der Waals surface area contributed by atoms with E-state index in [2.05, 4.69) is 5.43 Å². The first-order valence-corrected chi connectivity index (χ1v) is 6.55. The van der Waals surface area contributed by atoms with E-state index in [1.54, 1.807) is 12.1 Å². The van der Waals surface area contributed by atoms with Crippen molar-refractivity contribution in [2.24, 2.45) is 0 Å². The van der Waals surface area contributed by atoms with Crippen molar-refractivity contribution in [3.8, 4) is 5.75 Å². The summed E-state index contributed by atoms with van der Waals surface area (Å²) < 4.78 is 5.37. The van der Waals surface area contributed by atoms with Crippen molar-refractivity contribution < 1.29 is 9.53 Å². The molecular weight excluding hydrogens is 252 g/mol. The van der Waals surface area contributed by atoms with Gasteiger partial charge in [-0.1, -0.05) is 30.2 Å². The Morgan fingerprint density at radius 2 is 2.00 bits per heavy atom. The Morgan fingerprint density at radius 1 is 1.28 bits per heavy atom. The number of para-hydroxylation sites is 1. The highest BCUT2D eigenvalue weighted by atomic mass is 35.5. The monoisotopic (exact) mass is 268 g/mol. The molecule has 1 fully saturated rings. The van der Waals surface area contributed by atoms with Gasteiger partial charge in [0.25, 0.3) is 5.91 Å². The van der Waals surface area contributed by atoms with Gasteiger partial charge in [0.15, 0.2) is 6.61 Å². The van der Waals surface area contributed by atoms with E-state index in [0.717, 1.165) is 25.9 Å². The van der Waals surface area contributed by atoms with Crippen LogP contribution in [0.15, 0.2) is 24.3 Å². The number of hydrogen-bond acceptors (Lipinski definition) is 3. The average molecular weight is 269 g/mol.